The van der Waals surface area contributed by atoms with Crippen molar-refractivity contribution in [1.82, 2.24) is 0 Å². The van der Waals surface area contributed by atoms with Crippen LogP contribution < -0.4 is 11.1 Å². The fourth-order valence-electron chi connectivity index (χ4n) is 1.01. The van der Waals surface area contributed by atoms with Crippen LogP contribution in [0, 0.1) is 0 Å². The van der Waals surface area contributed by atoms with E-state index in [2.05, 4.69) is 26.2 Å². The van der Waals surface area contributed by atoms with E-state index in [-0.39, 0.29) is 0 Å². The summed E-state index contributed by atoms with van der Waals surface area (Å²) in [7, 11) is 0. The zero-order valence-corrected chi connectivity index (χ0v) is 10.8. The van der Waals surface area contributed by atoms with Crippen LogP contribution in [0.5, 0.6) is 0 Å². The van der Waals surface area contributed by atoms with E-state index >= 15 is 0 Å². The van der Waals surface area contributed by atoms with Gasteiger partial charge in [0, 0.05) is 6.54 Å². The lowest BCUT2D eigenvalue weighted by molar-refractivity contribution is 0.929. The number of benzene rings is 1. The van der Waals surface area contributed by atoms with Crippen molar-refractivity contribution in [2.75, 3.05) is 11.9 Å². The zero-order valence-electron chi connectivity index (χ0n) is 8.43. The number of hydrogen-bond acceptors (Lipinski definition) is 1. The molecule has 0 fully saturated rings. The molecule has 0 aliphatic carbocycles. The van der Waals surface area contributed by atoms with Gasteiger partial charge in [0.25, 0.3) is 0 Å². The first-order chi connectivity index (χ1) is 7.15. The molecule has 0 bridgehead atoms. The van der Waals surface area contributed by atoms with E-state index in [1.165, 1.54) is 0 Å². The van der Waals surface area contributed by atoms with Crippen molar-refractivity contribution in [2.45, 2.75) is 13.3 Å². The molecule has 82 valence electrons. The van der Waals surface area contributed by atoms with Gasteiger partial charge in [-0.05, 0) is 34.5 Å². The Labute approximate surface area is 103 Å². The lowest BCUT2D eigenvalue weighted by Gasteiger charge is -2.08. The first kappa shape index (κ1) is 12.3. The maximum Gasteiger partial charge on any atom is 0.193 e. The SMILES string of the molecule is CCCN=C(N)Nc1cccc(Cl)c1Br. The van der Waals surface area contributed by atoms with Gasteiger partial charge >= 0.3 is 0 Å². The second kappa shape index (κ2) is 5.98. The van der Waals surface area contributed by atoms with E-state index in [4.69, 9.17) is 17.3 Å². The number of halogens is 2. The van der Waals surface area contributed by atoms with Crippen molar-refractivity contribution in [1.29, 1.82) is 0 Å². The lowest BCUT2D eigenvalue weighted by atomic mass is 10.3. The molecule has 0 atom stereocenters. The number of aliphatic imine (C=N–C) groups is 1. The molecule has 0 saturated heterocycles. The highest BCUT2D eigenvalue weighted by Gasteiger charge is 2.03. The third kappa shape index (κ3) is 3.72. The summed E-state index contributed by atoms with van der Waals surface area (Å²) in [5.41, 5.74) is 6.51. The van der Waals surface area contributed by atoms with Gasteiger partial charge in [0.05, 0.1) is 15.2 Å². The van der Waals surface area contributed by atoms with Crippen molar-refractivity contribution in [3.05, 3.63) is 27.7 Å². The molecule has 0 spiro atoms. The maximum absolute atomic E-state index is 5.93. The van der Waals surface area contributed by atoms with E-state index in [0.717, 1.165) is 23.1 Å². The second-order valence-electron chi connectivity index (χ2n) is 2.99. The minimum Gasteiger partial charge on any atom is -0.370 e. The number of nitrogens with two attached hydrogens (primary N) is 1. The fourth-order valence-corrected chi connectivity index (χ4v) is 1.55. The van der Waals surface area contributed by atoms with Gasteiger partial charge < -0.3 is 11.1 Å². The Balaban J connectivity index is 2.76. The largest absolute Gasteiger partial charge is 0.370 e. The Bertz CT molecular complexity index is 366. The standard InChI is InChI=1S/C10H13BrClN3/c1-2-6-14-10(13)15-8-5-3-4-7(12)9(8)11/h3-5H,2,6H2,1H3,(H3,13,14,15). The first-order valence-corrected chi connectivity index (χ1v) is 5.83. The second-order valence-corrected chi connectivity index (χ2v) is 4.19. The fraction of sp³-hybridized carbons (Fsp3) is 0.300. The molecule has 5 heteroatoms. The summed E-state index contributed by atoms with van der Waals surface area (Å²) in [5, 5.41) is 3.62. The summed E-state index contributed by atoms with van der Waals surface area (Å²) in [4.78, 5) is 4.13. The molecular weight excluding hydrogens is 277 g/mol. The van der Waals surface area contributed by atoms with Gasteiger partial charge in [0.1, 0.15) is 0 Å². The molecule has 0 amide bonds. The zero-order chi connectivity index (χ0) is 11.3. The van der Waals surface area contributed by atoms with Gasteiger partial charge in [-0.15, -0.1) is 0 Å². The van der Waals surface area contributed by atoms with Crippen LogP contribution >= 0.6 is 27.5 Å². The minimum absolute atomic E-state index is 0.403. The minimum atomic E-state index is 0.403. The molecule has 0 aliphatic heterocycles. The summed E-state index contributed by atoms with van der Waals surface area (Å²) in [6.07, 6.45) is 0.971. The van der Waals surface area contributed by atoms with Crippen LogP contribution in [0.3, 0.4) is 0 Å². The average molecular weight is 291 g/mol. The third-order valence-corrected chi connectivity index (χ3v) is 3.12. The maximum atomic E-state index is 5.93. The van der Waals surface area contributed by atoms with Gasteiger partial charge in [0.15, 0.2) is 5.96 Å². The van der Waals surface area contributed by atoms with Crippen molar-refractivity contribution in [2.24, 2.45) is 10.7 Å². The average Bonchev–Trinajstić information content (AvgIpc) is 2.22. The Kier molecular flexibility index (Phi) is 4.91. The molecule has 0 unspecified atom stereocenters. The Morgan fingerprint density at radius 3 is 3.00 bits per heavy atom. The Morgan fingerprint density at radius 2 is 2.33 bits per heavy atom. The molecule has 0 aliphatic rings. The number of rotatable bonds is 3. The van der Waals surface area contributed by atoms with Gasteiger partial charge in [0.2, 0.25) is 0 Å². The first-order valence-electron chi connectivity index (χ1n) is 4.66. The molecule has 0 radical (unpaired) electrons. The summed E-state index contributed by atoms with van der Waals surface area (Å²) in [6.45, 7) is 2.77. The molecule has 3 N–H and O–H groups in total. The number of hydrogen-bond donors (Lipinski definition) is 2. The van der Waals surface area contributed by atoms with Gasteiger partial charge in [-0.1, -0.05) is 24.6 Å². The number of guanidine groups is 1. The monoisotopic (exact) mass is 289 g/mol. The number of nitrogens with zero attached hydrogens (tertiary/aromatic N) is 1. The Morgan fingerprint density at radius 1 is 1.60 bits per heavy atom. The van der Waals surface area contributed by atoms with Gasteiger partial charge in [-0.2, -0.15) is 0 Å². The molecule has 0 heterocycles. The molecule has 0 saturated carbocycles. The highest BCUT2D eigenvalue weighted by Crippen LogP contribution is 2.29. The van der Waals surface area contributed by atoms with Crippen LogP contribution in [0.1, 0.15) is 13.3 Å². The van der Waals surface area contributed by atoms with Crippen LogP contribution in [0.4, 0.5) is 5.69 Å². The molecule has 3 nitrogen and oxygen atoms in total. The Hall–Kier alpha value is -0.740. The molecule has 1 aromatic rings. The molecule has 15 heavy (non-hydrogen) atoms. The highest BCUT2D eigenvalue weighted by molar-refractivity contribution is 9.10. The van der Waals surface area contributed by atoms with E-state index in [1.807, 2.05) is 19.1 Å². The van der Waals surface area contributed by atoms with E-state index < -0.39 is 0 Å². The molecule has 1 rings (SSSR count). The van der Waals surface area contributed by atoms with E-state index in [0.29, 0.717) is 11.0 Å². The van der Waals surface area contributed by atoms with E-state index in [9.17, 15) is 0 Å². The van der Waals surface area contributed by atoms with Crippen LogP contribution in [0.2, 0.25) is 5.02 Å². The summed E-state index contributed by atoms with van der Waals surface area (Å²) < 4.78 is 0.793. The highest BCUT2D eigenvalue weighted by atomic mass is 79.9. The smallest absolute Gasteiger partial charge is 0.193 e. The third-order valence-electron chi connectivity index (χ3n) is 1.72. The number of anilines is 1. The van der Waals surface area contributed by atoms with E-state index in [1.54, 1.807) is 6.07 Å². The topological polar surface area (TPSA) is 50.4 Å². The van der Waals surface area contributed by atoms with Crippen molar-refractivity contribution >= 4 is 39.2 Å². The summed E-state index contributed by atoms with van der Waals surface area (Å²) >= 11 is 9.31. The van der Waals surface area contributed by atoms with Crippen LogP contribution in [-0.2, 0) is 0 Å². The normalized spacial score (nSPS) is 11.5. The van der Waals surface area contributed by atoms with Gasteiger partial charge in [-0.3, -0.25) is 4.99 Å². The quantitative estimate of drug-likeness (QED) is 0.663. The predicted molar refractivity (Wildman–Crippen MR) is 69.6 cm³/mol. The van der Waals surface area contributed by atoms with Crippen molar-refractivity contribution in [3.8, 4) is 0 Å². The van der Waals surface area contributed by atoms with Crippen molar-refractivity contribution in [3.63, 3.8) is 0 Å². The molecule has 1 aromatic carbocycles. The number of nitrogens with one attached hydrogen (secondary N) is 1. The van der Waals surface area contributed by atoms with Crippen LogP contribution in [0.25, 0.3) is 0 Å². The summed E-state index contributed by atoms with van der Waals surface area (Å²) in [6, 6.07) is 5.53. The van der Waals surface area contributed by atoms with Crippen LogP contribution in [0.15, 0.2) is 27.7 Å². The van der Waals surface area contributed by atoms with Gasteiger partial charge in [-0.25, -0.2) is 0 Å². The molecule has 0 aromatic heterocycles. The van der Waals surface area contributed by atoms with Crippen molar-refractivity contribution < 1.29 is 0 Å². The lowest BCUT2D eigenvalue weighted by Crippen LogP contribution is -2.23. The van der Waals surface area contributed by atoms with Crippen LogP contribution in [-0.4, -0.2) is 12.5 Å². The summed E-state index contributed by atoms with van der Waals surface area (Å²) in [5.74, 6) is 0.403. The molecular formula is C10H13BrClN3. The predicted octanol–water partition coefficient (Wildman–Crippen LogP) is 3.24.